The molecule has 1 saturated heterocycles. The van der Waals surface area contributed by atoms with E-state index in [1.165, 1.54) is 11.1 Å². The summed E-state index contributed by atoms with van der Waals surface area (Å²) >= 11 is 0. The zero-order valence-electron chi connectivity index (χ0n) is 16.9. The zero-order chi connectivity index (χ0) is 19.9. The molecule has 3 atom stereocenters. The van der Waals surface area contributed by atoms with E-state index in [1.807, 2.05) is 18.2 Å². The van der Waals surface area contributed by atoms with Crippen LogP contribution in [-0.2, 0) is 11.4 Å². The van der Waals surface area contributed by atoms with E-state index >= 15 is 0 Å². The number of hydrogen-bond acceptors (Lipinski definition) is 3. The fraction of sp³-hybridized carbons (Fsp3) is 0.269. The molecule has 0 spiro atoms. The van der Waals surface area contributed by atoms with Crippen LogP contribution in [0.5, 0.6) is 0 Å². The predicted octanol–water partition coefficient (Wildman–Crippen LogP) is 6.06. The molecule has 3 unspecified atom stereocenters. The third kappa shape index (κ3) is 4.75. The normalized spacial score (nSPS) is 23.1. The standard InChI is InChI=1S/C26H28N2O/c1-2-23-25(28-29-19-20-12-6-3-7-13-20)18-24(21-14-8-4-9-15-21)27-26(23)22-16-10-5-11-17-22/h3-17,23-24,26-27H,2,18-19H2,1H3/b28-25+. The molecule has 3 nitrogen and oxygen atoms in total. The lowest BCUT2D eigenvalue weighted by Gasteiger charge is -2.38. The first-order valence-electron chi connectivity index (χ1n) is 10.4. The number of benzene rings is 3. The average molecular weight is 385 g/mol. The van der Waals surface area contributed by atoms with Gasteiger partial charge in [0.2, 0.25) is 0 Å². The van der Waals surface area contributed by atoms with Gasteiger partial charge in [0.15, 0.2) is 0 Å². The van der Waals surface area contributed by atoms with Crippen molar-refractivity contribution in [2.45, 2.75) is 38.5 Å². The summed E-state index contributed by atoms with van der Waals surface area (Å²) in [6.07, 6.45) is 1.88. The van der Waals surface area contributed by atoms with E-state index in [0.29, 0.717) is 12.5 Å². The number of nitrogens with one attached hydrogen (secondary N) is 1. The van der Waals surface area contributed by atoms with Crippen LogP contribution in [0, 0.1) is 5.92 Å². The minimum absolute atomic E-state index is 0.222. The summed E-state index contributed by atoms with van der Waals surface area (Å²) < 4.78 is 0. The quantitative estimate of drug-likeness (QED) is 0.524. The highest BCUT2D eigenvalue weighted by atomic mass is 16.6. The predicted molar refractivity (Wildman–Crippen MR) is 119 cm³/mol. The molecule has 148 valence electrons. The maximum atomic E-state index is 5.82. The molecular weight excluding hydrogens is 356 g/mol. The first-order chi connectivity index (χ1) is 14.3. The SMILES string of the molecule is CCC1/C(=N/OCc2ccccc2)CC(c2ccccc2)NC1c1ccccc1. The Morgan fingerprint density at radius 2 is 1.41 bits per heavy atom. The average Bonchev–Trinajstić information content (AvgIpc) is 2.80. The number of rotatable bonds is 6. The first kappa shape index (κ1) is 19.4. The van der Waals surface area contributed by atoms with Crippen LogP contribution in [0.15, 0.2) is 96.2 Å². The second-order valence-electron chi connectivity index (χ2n) is 7.58. The minimum atomic E-state index is 0.222. The van der Waals surface area contributed by atoms with Gasteiger partial charge in [-0.2, -0.15) is 0 Å². The molecule has 0 bridgehead atoms. The highest BCUT2D eigenvalue weighted by Crippen LogP contribution is 2.37. The van der Waals surface area contributed by atoms with Gasteiger partial charge >= 0.3 is 0 Å². The Morgan fingerprint density at radius 1 is 0.828 bits per heavy atom. The van der Waals surface area contributed by atoms with Crippen LogP contribution in [-0.4, -0.2) is 5.71 Å². The summed E-state index contributed by atoms with van der Waals surface area (Å²) in [7, 11) is 0. The van der Waals surface area contributed by atoms with Crippen molar-refractivity contribution in [3.05, 3.63) is 108 Å². The Balaban J connectivity index is 1.60. The van der Waals surface area contributed by atoms with Gasteiger partial charge < -0.3 is 10.2 Å². The lowest BCUT2D eigenvalue weighted by Crippen LogP contribution is -2.42. The number of nitrogens with zero attached hydrogens (tertiary/aromatic N) is 1. The molecule has 29 heavy (non-hydrogen) atoms. The summed E-state index contributed by atoms with van der Waals surface area (Å²) in [5.41, 5.74) is 4.87. The Kier molecular flexibility index (Phi) is 6.38. The summed E-state index contributed by atoms with van der Waals surface area (Å²) in [5, 5.41) is 8.55. The largest absolute Gasteiger partial charge is 0.391 e. The van der Waals surface area contributed by atoms with Crippen LogP contribution in [0.1, 0.15) is 48.5 Å². The molecule has 1 heterocycles. The second kappa shape index (κ2) is 9.53. The molecular formula is C26H28N2O. The lowest BCUT2D eigenvalue weighted by atomic mass is 9.79. The van der Waals surface area contributed by atoms with Crippen molar-refractivity contribution in [1.82, 2.24) is 5.32 Å². The summed E-state index contributed by atoms with van der Waals surface area (Å²) in [4.78, 5) is 5.82. The first-order valence-corrected chi connectivity index (χ1v) is 10.4. The number of oxime groups is 1. The molecule has 3 heteroatoms. The van der Waals surface area contributed by atoms with Gasteiger partial charge in [-0.3, -0.25) is 0 Å². The fourth-order valence-electron chi connectivity index (χ4n) is 4.17. The molecule has 0 saturated carbocycles. The third-order valence-corrected chi connectivity index (χ3v) is 5.68. The highest BCUT2D eigenvalue weighted by Gasteiger charge is 2.35. The summed E-state index contributed by atoms with van der Waals surface area (Å²) in [6.45, 7) is 2.73. The Hall–Kier alpha value is -2.91. The lowest BCUT2D eigenvalue weighted by molar-refractivity contribution is 0.125. The minimum Gasteiger partial charge on any atom is -0.391 e. The van der Waals surface area contributed by atoms with Crippen molar-refractivity contribution in [2.24, 2.45) is 11.1 Å². The molecule has 0 aliphatic carbocycles. The van der Waals surface area contributed by atoms with Crippen LogP contribution in [0.4, 0.5) is 0 Å². The number of hydrogen-bond donors (Lipinski definition) is 1. The van der Waals surface area contributed by atoms with Crippen molar-refractivity contribution in [1.29, 1.82) is 0 Å². The van der Waals surface area contributed by atoms with Gasteiger partial charge in [0, 0.05) is 24.4 Å². The van der Waals surface area contributed by atoms with E-state index in [9.17, 15) is 0 Å². The molecule has 1 aliphatic heterocycles. The van der Waals surface area contributed by atoms with E-state index in [0.717, 1.165) is 24.1 Å². The molecule has 3 aromatic rings. The number of piperidine rings is 1. The third-order valence-electron chi connectivity index (χ3n) is 5.68. The Labute approximate surface area is 173 Å². The molecule has 0 amide bonds. The van der Waals surface area contributed by atoms with Gasteiger partial charge in [-0.15, -0.1) is 0 Å². The second-order valence-corrected chi connectivity index (χ2v) is 7.58. The van der Waals surface area contributed by atoms with Gasteiger partial charge in [-0.25, -0.2) is 0 Å². The smallest absolute Gasteiger partial charge is 0.142 e. The van der Waals surface area contributed by atoms with E-state index < -0.39 is 0 Å². The molecule has 4 rings (SSSR count). The monoisotopic (exact) mass is 384 g/mol. The molecule has 0 aromatic heterocycles. The van der Waals surface area contributed by atoms with Crippen molar-refractivity contribution < 1.29 is 4.84 Å². The van der Waals surface area contributed by atoms with Crippen molar-refractivity contribution in [2.75, 3.05) is 0 Å². The molecule has 1 fully saturated rings. The molecule has 3 aromatic carbocycles. The van der Waals surface area contributed by atoms with Gasteiger partial charge in [-0.05, 0) is 23.1 Å². The molecule has 1 N–H and O–H groups in total. The van der Waals surface area contributed by atoms with Gasteiger partial charge in [0.05, 0.1) is 5.71 Å². The Morgan fingerprint density at radius 3 is 2.03 bits per heavy atom. The van der Waals surface area contributed by atoms with Crippen molar-refractivity contribution >= 4 is 5.71 Å². The molecule has 1 aliphatic rings. The van der Waals surface area contributed by atoms with Crippen molar-refractivity contribution in [3.63, 3.8) is 0 Å². The van der Waals surface area contributed by atoms with Crippen LogP contribution < -0.4 is 5.32 Å². The van der Waals surface area contributed by atoms with Crippen LogP contribution in [0.3, 0.4) is 0 Å². The van der Waals surface area contributed by atoms with Gasteiger partial charge in [-0.1, -0.05) is 103 Å². The summed E-state index contributed by atoms with van der Waals surface area (Å²) in [6, 6.07) is 32.0. The van der Waals surface area contributed by atoms with Crippen LogP contribution in [0.2, 0.25) is 0 Å². The van der Waals surface area contributed by atoms with Gasteiger partial charge in [0.1, 0.15) is 6.61 Å². The summed E-state index contributed by atoms with van der Waals surface area (Å²) in [5.74, 6) is 0.313. The zero-order valence-corrected chi connectivity index (χ0v) is 16.9. The maximum Gasteiger partial charge on any atom is 0.142 e. The van der Waals surface area contributed by atoms with E-state index in [-0.39, 0.29) is 12.1 Å². The highest BCUT2D eigenvalue weighted by molar-refractivity contribution is 5.88. The molecule has 0 radical (unpaired) electrons. The van der Waals surface area contributed by atoms with E-state index in [4.69, 9.17) is 4.84 Å². The van der Waals surface area contributed by atoms with E-state index in [1.54, 1.807) is 0 Å². The Bertz CT molecular complexity index is 909. The van der Waals surface area contributed by atoms with E-state index in [2.05, 4.69) is 90.2 Å². The topological polar surface area (TPSA) is 33.6 Å². The maximum absolute atomic E-state index is 5.82. The van der Waals surface area contributed by atoms with Crippen molar-refractivity contribution in [3.8, 4) is 0 Å². The fourth-order valence-corrected chi connectivity index (χ4v) is 4.17. The van der Waals surface area contributed by atoms with Crippen LogP contribution in [0.25, 0.3) is 0 Å². The van der Waals surface area contributed by atoms with Gasteiger partial charge in [0.25, 0.3) is 0 Å². The van der Waals surface area contributed by atoms with Crippen LogP contribution >= 0.6 is 0 Å².